The number of hydrogen-bond acceptors (Lipinski definition) is 5. The molecule has 1 unspecified atom stereocenters. The summed E-state index contributed by atoms with van der Waals surface area (Å²) in [6, 6.07) is 11.5. The van der Waals surface area contributed by atoms with Crippen molar-refractivity contribution in [3.8, 4) is 0 Å². The summed E-state index contributed by atoms with van der Waals surface area (Å²) in [6.45, 7) is 1.71. The maximum Gasteiger partial charge on any atom is 0.199 e. The molecule has 0 N–H and O–H groups in total. The van der Waals surface area contributed by atoms with E-state index in [2.05, 4.69) is 0 Å². The van der Waals surface area contributed by atoms with Crippen molar-refractivity contribution in [3.63, 3.8) is 0 Å². The fraction of sp³-hybridized carbons (Fsp3) is 0.278. The van der Waals surface area contributed by atoms with Gasteiger partial charge in [0.1, 0.15) is 5.76 Å². The van der Waals surface area contributed by atoms with Crippen LogP contribution in [0.15, 0.2) is 57.0 Å². The lowest BCUT2D eigenvalue weighted by Crippen LogP contribution is -2.20. The molecular weight excluding hydrogens is 310 g/mol. The zero-order valence-corrected chi connectivity index (χ0v) is 13.6. The molecule has 2 heterocycles. The van der Waals surface area contributed by atoms with Gasteiger partial charge in [-0.05, 0) is 24.3 Å². The molecule has 0 saturated heterocycles. The van der Waals surface area contributed by atoms with Crippen molar-refractivity contribution in [2.24, 2.45) is 4.99 Å². The van der Waals surface area contributed by atoms with E-state index in [1.165, 1.54) is 0 Å². The highest BCUT2D eigenvalue weighted by molar-refractivity contribution is 8.00. The molecule has 1 aromatic heterocycles. The third-order valence-corrected chi connectivity index (χ3v) is 4.95. The van der Waals surface area contributed by atoms with Crippen molar-refractivity contribution in [3.05, 3.63) is 48.4 Å². The summed E-state index contributed by atoms with van der Waals surface area (Å²) in [6.07, 6.45) is 2.69. The van der Waals surface area contributed by atoms with E-state index < -0.39 is 0 Å². The predicted molar refractivity (Wildman–Crippen MR) is 90.5 cm³/mol. The van der Waals surface area contributed by atoms with Gasteiger partial charge in [-0.25, -0.2) is 4.99 Å². The summed E-state index contributed by atoms with van der Waals surface area (Å²) in [5.41, 5.74) is 1.69. The number of Topliss-reactive ketones (excluding diaryl/α,β-unsaturated/α-hetero) is 2. The first-order valence-corrected chi connectivity index (χ1v) is 8.48. The Morgan fingerprint density at radius 1 is 1.22 bits per heavy atom. The van der Waals surface area contributed by atoms with Crippen LogP contribution in [0, 0.1) is 0 Å². The van der Waals surface area contributed by atoms with Gasteiger partial charge in [0.2, 0.25) is 0 Å². The van der Waals surface area contributed by atoms with Gasteiger partial charge in [-0.2, -0.15) is 0 Å². The number of nitrogens with zero attached hydrogens (tertiary/aromatic N) is 1. The highest BCUT2D eigenvalue weighted by atomic mass is 32.2. The Morgan fingerprint density at radius 2 is 2.04 bits per heavy atom. The first-order valence-electron chi connectivity index (χ1n) is 7.60. The number of carbonyl (C=O) groups excluding carboxylic acids is 2. The second-order valence-electron chi connectivity index (χ2n) is 5.35. The van der Waals surface area contributed by atoms with Crippen molar-refractivity contribution in [2.75, 3.05) is 0 Å². The average molecular weight is 327 g/mol. The molecule has 3 rings (SSSR count). The molecule has 118 valence electrons. The molecule has 1 aliphatic heterocycles. The molecule has 0 amide bonds. The van der Waals surface area contributed by atoms with Crippen LogP contribution in [0.4, 0.5) is 5.69 Å². The van der Waals surface area contributed by atoms with E-state index in [0.717, 1.165) is 16.3 Å². The number of furan rings is 1. The zero-order chi connectivity index (χ0) is 16.2. The van der Waals surface area contributed by atoms with Crippen molar-refractivity contribution < 1.29 is 14.0 Å². The van der Waals surface area contributed by atoms with Crippen LogP contribution in [0.2, 0.25) is 0 Å². The van der Waals surface area contributed by atoms with Crippen molar-refractivity contribution in [1.29, 1.82) is 0 Å². The smallest absolute Gasteiger partial charge is 0.199 e. The van der Waals surface area contributed by atoms with Gasteiger partial charge in [-0.15, -0.1) is 11.8 Å². The minimum absolute atomic E-state index is 0.0227. The molecular formula is C18H17NO3S. The molecule has 0 radical (unpaired) electrons. The standard InChI is InChI=1S/C18H17NO3S/c1-2-15(20)16(21)11-12-10-14(17-7-5-9-22-17)19-13-6-3-4-8-18(13)23-12/h3-9,12H,2,10-11H2,1H3. The Hall–Kier alpha value is -2.14. The van der Waals surface area contributed by atoms with Crippen molar-refractivity contribution >= 4 is 34.7 Å². The number of aliphatic imine (C=N–C) groups is 1. The lowest BCUT2D eigenvalue weighted by atomic mass is 10.0. The molecule has 0 spiro atoms. The van der Waals surface area contributed by atoms with E-state index in [9.17, 15) is 9.59 Å². The quantitative estimate of drug-likeness (QED) is 0.772. The molecule has 0 saturated carbocycles. The first-order chi connectivity index (χ1) is 11.2. The van der Waals surface area contributed by atoms with Crippen LogP contribution < -0.4 is 0 Å². The van der Waals surface area contributed by atoms with Gasteiger partial charge < -0.3 is 4.42 Å². The number of ketones is 2. The number of fused-ring (bicyclic) bond motifs is 1. The minimum Gasteiger partial charge on any atom is -0.463 e. The van der Waals surface area contributed by atoms with E-state index >= 15 is 0 Å². The van der Waals surface area contributed by atoms with E-state index in [4.69, 9.17) is 9.41 Å². The number of rotatable bonds is 5. The summed E-state index contributed by atoms with van der Waals surface area (Å²) in [5.74, 6) is 0.101. The van der Waals surface area contributed by atoms with Gasteiger partial charge in [0.05, 0.1) is 17.7 Å². The Kier molecular flexibility index (Phi) is 4.76. The number of carbonyl (C=O) groups is 2. The Morgan fingerprint density at radius 3 is 2.78 bits per heavy atom. The van der Waals surface area contributed by atoms with Crippen LogP contribution in [-0.4, -0.2) is 22.5 Å². The van der Waals surface area contributed by atoms with Crippen LogP contribution >= 0.6 is 11.8 Å². The summed E-state index contributed by atoms with van der Waals surface area (Å²) in [5, 5.41) is -0.0227. The Labute approximate surface area is 139 Å². The number of hydrogen-bond donors (Lipinski definition) is 0. The lowest BCUT2D eigenvalue weighted by molar-refractivity contribution is -0.136. The topological polar surface area (TPSA) is 59.6 Å². The molecule has 5 heteroatoms. The van der Waals surface area contributed by atoms with E-state index in [0.29, 0.717) is 12.2 Å². The van der Waals surface area contributed by atoms with Gasteiger partial charge in [0, 0.05) is 29.4 Å². The third-order valence-electron chi connectivity index (χ3n) is 3.69. The molecule has 0 fully saturated rings. The van der Waals surface area contributed by atoms with E-state index in [1.54, 1.807) is 24.9 Å². The molecule has 0 aliphatic carbocycles. The van der Waals surface area contributed by atoms with Gasteiger partial charge in [-0.3, -0.25) is 9.59 Å². The molecule has 1 aromatic carbocycles. The Bertz CT molecular complexity index is 749. The molecule has 0 bridgehead atoms. The van der Waals surface area contributed by atoms with E-state index in [-0.39, 0.29) is 29.7 Å². The summed E-state index contributed by atoms with van der Waals surface area (Å²) < 4.78 is 5.47. The zero-order valence-electron chi connectivity index (χ0n) is 12.8. The maximum atomic E-state index is 12.0. The Balaban J connectivity index is 1.91. The number of benzene rings is 1. The highest BCUT2D eigenvalue weighted by Gasteiger charge is 2.25. The van der Waals surface area contributed by atoms with E-state index in [1.807, 2.05) is 36.4 Å². The van der Waals surface area contributed by atoms with Crippen LogP contribution in [-0.2, 0) is 9.59 Å². The molecule has 4 nitrogen and oxygen atoms in total. The van der Waals surface area contributed by atoms with Gasteiger partial charge >= 0.3 is 0 Å². The first kappa shape index (κ1) is 15.7. The van der Waals surface area contributed by atoms with Crippen LogP contribution in [0.1, 0.15) is 31.9 Å². The fourth-order valence-corrected chi connectivity index (χ4v) is 3.73. The van der Waals surface area contributed by atoms with Crippen LogP contribution in [0.25, 0.3) is 0 Å². The maximum absolute atomic E-state index is 12.0. The second kappa shape index (κ2) is 6.96. The van der Waals surface area contributed by atoms with Crippen LogP contribution in [0.5, 0.6) is 0 Å². The fourth-order valence-electron chi connectivity index (χ4n) is 2.51. The normalized spacial score (nSPS) is 17.1. The molecule has 1 atom stereocenters. The lowest BCUT2D eigenvalue weighted by Gasteiger charge is -2.13. The SMILES string of the molecule is CCC(=O)C(=O)CC1CC(c2ccco2)=Nc2ccccc2S1. The van der Waals surface area contributed by atoms with Gasteiger partial charge in [0.15, 0.2) is 11.6 Å². The minimum atomic E-state index is -0.306. The third kappa shape index (κ3) is 3.62. The summed E-state index contributed by atoms with van der Waals surface area (Å²) >= 11 is 1.61. The van der Waals surface area contributed by atoms with Crippen LogP contribution in [0.3, 0.4) is 0 Å². The highest BCUT2D eigenvalue weighted by Crippen LogP contribution is 2.39. The largest absolute Gasteiger partial charge is 0.463 e. The van der Waals surface area contributed by atoms with Gasteiger partial charge in [0.25, 0.3) is 0 Å². The van der Waals surface area contributed by atoms with Crippen molar-refractivity contribution in [2.45, 2.75) is 36.3 Å². The predicted octanol–water partition coefficient (Wildman–Crippen LogP) is 4.20. The van der Waals surface area contributed by atoms with Crippen molar-refractivity contribution in [1.82, 2.24) is 0 Å². The molecule has 2 aromatic rings. The number of para-hydroxylation sites is 1. The molecule has 1 aliphatic rings. The molecule has 23 heavy (non-hydrogen) atoms. The second-order valence-corrected chi connectivity index (χ2v) is 6.69. The summed E-state index contributed by atoms with van der Waals surface area (Å²) in [4.78, 5) is 29.4. The number of thioether (sulfide) groups is 1. The van der Waals surface area contributed by atoms with Gasteiger partial charge in [-0.1, -0.05) is 19.1 Å². The average Bonchev–Trinajstić information content (AvgIpc) is 3.03. The summed E-state index contributed by atoms with van der Waals surface area (Å²) in [7, 11) is 0. The monoisotopic (exact) mass is 327 g/mol.